The number of hydrogen-bond donors (Lipinski definition) is 1. The number of hydrogen-bond acceptors (Lipinski definition) is 4. The number of rotatable bonds is 13. The van der Waals surface area contributed by atoms with Gasteiger partial charge in [0, 0.05) is 37.0 Å². The normalized spacial score (nSPS) is 14.8. The summed E-state index contributed by atoms with van der Waals surface area (Å²) >= 11 is 6.49. The molecule has 1 N–H and O–H groups in total. The van der Waals surface area contributed by atoms with Gasteiger partial charge in [0.25, 0.3) is 0 Å². The lowest BCUT2D eigenvalue weighted by Gasteiger charge is -2.34. The van der Waals surface area contributed by atoms with Crippen LogP contribution in [0.1, 0.15) is 61.6 Å². The topological polar surface area (TPSA) is 86.8 Å². The molecule has 248 valence electrons. The first-order valence-electron chi connectivity index (χ1n) is 15.3. The molecular formula is C34H39ClF3N3O4S. The molecule has 0 aromatic heterocycles. The molecule has 1 unspecified atom stereocenters. The molecule has 0 heterocycles. The van der Waals surface area contributed by atoms with Gasteiger partial charge in [0.05, 0.1) is 17.5 Å². The second kappa shape index (κ2) is 15.8. The molecule has 46 heavy (non-hydrogen) atoms. The molecule has 1 aliphatic carbocycles. The number of amides is 2. The SMILES string of the molecule is CS(=O)(=O)N(CCCC(=O)N(Cc1ccccc1Cl)C(Cc1ccccc1)C(=O)NC1CCCCC1)c1cccc(C(F)(F)F)c1. The van der Waals surface area contributed by atoms with Crippen LogP contribution in [0.25, 0.3) is 0 Å². The van der Waals surface area contributed by atoms with Gasteiger partial charge in [-0.2, -0.15) is 13.2 Å². The number of carbonyl (C=O) groups excluding carboxylic acids is 2. The van der Waals surface area contributed by atoms with Crippen LogP contribution in [0.5, 0.6) is 0 Å². The van der Waals surface area contributed by atoms with Crippen LogP contribution in [0.2, 0.25) is 5.02 Å². The standard InChI is InChI=1S/C34H39ClF3N3O4S/c1-46(44,45)41(29-18-10-15-27(23-29)34(36,37)38)21-11-20-32(42)40(24-26-14-8-9-19-30(26)35)31(22-25-12-4-2-5-13-25)33(43)39-28-16-6-3-7-17-28/h2,4-5,8-10,12-15,18-19,23,28,31H,3,6-7,11,16-17,20-22,24H2,1H3,(H,39,43). The van der Waals surface area contributed by atoms with E-state index in [4.69, 9.17) is 11.6 Å². The fraction of sp³-hybridized carbons (Fsp3) is 0.412. The third-order valence-electron chi connectivity index (χ3n) is 8.13. The molecule has 0 bridgehead atoms. The smallest absolute Gasteiger partial charge is 0.352 e. The van der Waals surface area contributed by atoms with Crippen molar-refractivity contribution in [1.29, 1.82) is 0 Å². The Morgan fingerprint density at radius 1 is 0.957 bits per heavy atom. The van der Waals surface area contributed by atoms with Gasteiger partial charge in [0.15, 0.2) is 0 Å². The minimum atomic E-state index is -4.65. The van der Waals surface area contributed by atoms with Crippen LogP contribution in [0.4, 0.5) is 18.9 Å². The molecule has 1 atom stereocenters. The molecule has 0 spiro atoms. The molecular weight excluding hydrogens is 639 g/mol. The van der Waals surface area contributed by atoms with Gasteiger partial charge >= 0.3 is 6.18 Å². The van der Waals surface area contributed by atoms with Gasteiger partial charge in [0.1, 0.15) is 6.04 Å². The van der Waals surface area contributed by atoms with E-state index in [-0.39, 0.29) is 50.0 Å². The highest BCUT2D eigenvalue weighted by Gasteiger charge is 2.33. The zero-order valence-corrected chi connectivity index (χ0v) is 27.3. The zero-order chi connectivity index (χ0) is 33.3. The highest BCUT2D eigenvalue weighted by Crippen LogP contribution is 2.32. The van der Waals surface area contributed by atoms with Crippen molar-refractivity contribution in [2.75, 3.05) is 17.1 Å². The molecule has 12 heteroatoms. The lowest BCUT2D eigenvalue weighted by atomic mass is 9.94. The van der Waals surface area contributed by atoms with Crippen LogP contribution < -0.4 is 9.62 Å². The lowest BCUT2D eigenvalue weighted by molar-refractivity contribution is -0.141. The average Bonchev–Trinajstić information content (AvgIpc) is 3.01. The van der Waals surface area contributed by atoms with E-state index in [2.05, 4.69) is 5.32 Å². The van der Waals surface area contributed by atoms with Gasteiger partial charge in [0.2, 0.25) is 21.8 Å². The molecule has 7 nitrogen and oxygen atoms in total. The number of carbonyl (C=O) groups is 2. The number of alkyl halides is 3. The Kier molecular flexibility index (Phi) is 12.1. The largest absolute Gasteiger partial charge is 0.416 e. The Bertz CT molecular complexity index is 1580. The van der Waals surface area contributed by atoms with Gasteiger partial charge < -0.3 is 10.2 Å². The van der Waals surface area contributed by atoms with Crippen LogP contribution in [0.15, 0.2) is 78.9 Å². The van der Waals surface area contributed by atoms with Crippen molar-refractivity contribution in [3.05, 3.63) is 101 Å². The van der Waals surface area contributed by atoms with E-state index >= 15 is 0 Å². The molecule has 2 amide bonds. The number of sulfonamides is 1. The fourth-order valence-corrected chi connectivity index (χ4v) is 6.90. The monoisotopic (exact) mass is 677 g/mol. The molecule has 3 aromatic rings. The van der Waals surface area contributed by atoms with E-state index < -0.39 is 33.7 Å². The molecule has 1 fully saturated rings. The summed E-state index contributed by atoms with van der Waals surface area (Å²) in [6.45, 7) is -0.194. The highest BCUT2D eigenvalue weighted by atomic mass is 35.5. The number of benzene rings is 3. The van der Waals surface area contributed by atoms with Gasteiger partial charge in [-0.15, -0.1) is 0 Å². The first kappa shape index (κ1) is 35.3. The second-order valence-corrected chi connectivity index (χ2v) is 14.0. The summed E-state index contributed by atoms with van der Waals surface area (Å²) in [5.74, 6) is -0.685. The summed E-state index contributed by atoms with van der Waals surface area (Å²) in [6.07, 6.45) is 1.21. The molecule has 0 saturated heterocycles. The molecule has 1 saturated carbocycles. The third-order valence-corrected chi connectivity index (χ3v) is 9.70. The molecule has 0 aliphatic heterocycles. The van der Waals surface area contributed by atoms with Crippen LogP contribution in [-0.4, -0.2) is 50.0 Å². The average molecular weight is 678 g/mol. The van der Waals surface area contributed by atoms with Crippen LogP contribution in [0, 0.1) is 0 Å². The zero-order valence-electron chi connectivity index (χ0n) is 25.7. The Morgan fingerprint density at radius 3 is 2.28 bits per heavy atom. The Morgan fingerprint density at radius 2 is 1.63 bits per heavy atom. The summed E-state index contributed by atoms with van der Waals surface area (Å²) < 4.78 is 66.3. The van der Waals surface area contributed by atoms with E-state index in [9.17, 15) is 31.2 Å². The van der Waals surface area contributed by atoms with Crippen molar-refractivity contribution in [2.24, 2.45) is 0 Å². The third kappa shape index (κ3) is 9.96. The molecule has 3 aromatic carbocycles. The summed E-state index contributed by atoms with van der Waals surface area (Å²) in [5, 5.41) is 3.59. The highest BCUT2D eigenvalue weighted by molar-refractivity contribution is 7.92. The number of halogens is 4. The van der Waals surface area contributed by atoms with E-state index in [1.165, 1.54) is 11.0 Å². The Labute approximate surface area is 273 Å². The first-order valence-corrected chi connectivity index (χ1v) is 17.6. The minimum absolute atomic E-state index is 0.00344. The summed E-state index contributed by atoms with van der Waals surface area (Å²) in [7, 11) is -3.98. The van der Waals surface area contributed by atoms with Crippen LogP contribution in [-0.2, 0) is 38.8 Å². The Hall–Kier alpha value is -3.57. The first-order chi connectivity index (χ1) is 21.8. The van der Waals surface area contributed by atoms with Gasteiger partial charge in [-0.3, -0.25) is 13.9 Å². The minimum Gasteiger partial charge on any atom is -0.352 e. The van der Waals surface area contributed by atoms with Crippen LogP contribution >= 0.6 is 11.6 Å². The van der Waals surface area contributed by atoms with Crippen molar-refractivity contribution >= 4 is 39.1 Å². The van der Waals surface area contributed by atoms with Crippen molar-refractivity contribution in [3.8, 4) is 0 Å². The quantitative estimate of drug-likeness (QED) is 0.211. The van der Waals surface area contributed by atoms with Crippen molar-refractivity contribution < 1.29 is 31.2 Å². The predicted octanol–water partition coefficient (Wildman–Crippen LogP) is 6.99. The van der Waals surface area contributed by atoms with E-state index in [0.29, 0.717) is 10.6 Å². The maximum Gasteiger partial charge on any atom is 0.416 e. The van der Waals surface area contributed by atoms with Gasteiger partial charge in [-0.25, -0.2) is 8.42 Å². The Balaban J connectivity index is 1.60. The molecule has 4 rings (SSSR count). The maximum absolute atomic E-state index is 14.0. The van der Waals surface area contributed by atoms with E-state index in [0.717, 1.165) is 66.4 Å². The number of nitrogens with zero attached hydrogens (tertiary/aromatic N) is 2. The lowest BCUT2D eigenvalue weighted by Crippen LogP contribution is -2.53. The van der Waals surface area contributed by atoms with Crippen molar-refractivity contribution in [3.63, 3.8) is 0 Å². The van der Waals surface area contributed by atoms with E-state index in [1.807, 2.05) is 30.3 Å². The van der Waals surface area contributed by atoms with Crippen LogP contribution in [0.3, 0.4) is 0 Å². The maximum atomic E-state index is 14.0. The van der Waals surface area contributed by atoms with Crippen molar-refractivity contribution in [2.45, 2.75) is 76.2 Å². The number of nitrogens with one attached hydrogen (secondary N) is 1. The number of anilines is 1. The van der Waals surface area contributed by atoms with E-state index in [1.54, 1.807) is 24.3 Å². The van der Waals surface area contributed by atoms with Gasteiger partial charge in [-0.05, 0) is 54.7 Å². The molecule has 1 aliphatic rings. The molecule has 0 radical (unpaired) electrons. The van der Waals surface area contributed by atoms with Gasteiger partial charge in [-0.1, -0.05) is 85.5 Å². The fourth-order valence-electron chi connectivity index (χ4n) is 5.75. The summed E-state index contributed by atoms with van der Waals surface area (Å²) in [5.41, 5.74) is 0.374. The van der Waals surface area contributed by atoms with Crippen molar-refractivity contribution in [1.82, 2.24) is 10.2 Å². The second-order valence-electron chi connectivity index (χ2n) is 11.6. The summed E-state index contributed by atoms with van der Waals surface area (Å²) in [4.78, 5) is 29.4. The summed E-state index contributed by atoms with van der Waals surface area (Å²) in [6, 6.07) is 19.6. The predicted molar refractivity (Wildman–Crippen MR) is 174 cm³/mol.